The molecule has 2 aromatic rings. The minimum Gasteiger partial charge on any atom is -0.489 e. The molecular formula is C16H19N3O. The molecular weight excluding hydrogens is 250 g/mol. The Morgan fingerprint density at radius 3 is 2.60 bits per heavy atom. The fourth-order valence-electron chi connectivity index (χ4n) is 1.84. The van der Waals surface area contributed by atoms with Crippen molar-refractivity contribution < 1.29 is 4.74 Å². The number of benzene rings is 2. The highest BCUT2D eigenvalue weighted by Gasteiger charge is 2.01. The molecule has 0 atom stereocenters. The van der Waals surface area contributed by atoms with Gasteiger partial charge in [-0.05, 0) is 29.8 Å². The SMILES string of the molecule is CN(C)c1cccc(COc2cccc(C(=N)N)c2)c1. The third-order valence-corrected chi connectivity index (χ3v) is 2.98. The Morgan fingerprint density at radius 1 is 1.15 bits per heavy atom. The lowest BCUT2D eigenvalue weighted by Crippen LogP contribution is -2.11. The van der Waals surface area contributed by atoms with Crippen molar-refractivity contribution in [3.05, 3.63) is 59.7 Å². The Morgan fingerprint density at radius 2 is 1.90 bits per heavy atom. The van der Waals surface area contributed by atoms with Crippen LogP contribution in [0, 0.1) is 5.41 Å². The van der Waals surface area contributed by atoms with Crippen LogP contribution in [0.15, 0.2) is 48.5 Å². The van der Waals surface area contributed by atoms with Crippen LogP contribution in [-0.2, 0) is 6.61 Å². The van der Waals surface area contributed by atoms with E-state index in [1.807, 2.05) is 38.4 Å². The maximum absolute atomic E-state index is 7.42. The van der Waals surface area contributed by atoms with Crippen LogP contribution < -0.4 is 15.4 Å². The number of hydrogen-bond acceptors (Lipinski definition) is 3. The smallest absolute Gasteiger partial charge is 0.122 e. The fraction of sp³-hybridized carbons (Fsp3) is 0.188. The molecule has 20 heavy (non-hydrogen) atoms. The summed E-state index contributed by atoms with van der Waals surface area (Å²) in [6.45, 7) is 0.489. The number of nitrogens with zero attached hydrogens (tertiary/aromatic N) is 1. The first-order valence-electron chi connectivity index (χ1n) is 6.40. The van der Waals surface area contributed by atoms with Gasteiger partial charge < -0.3 is 15.4 Å². The summed E-state index contributed by atoms with van der Waals surface area (Å²) in [6, 6.07) is 15.5. The van der Waals surface area contributed by atoms with Crippen LogP contribution in [0.25, 0.3) is 0 Å². The molecule has 2 aromatic carbocycles. The molecule has 3 N–H and O–H groups in total. The number of nitrogens with two attached hydrogens (primary N) is 1. The van der Waals surface area contributed by atoms with Crippen molar-refractivity contribution >= 4 is 11.5 Å². The monoisotopic (exact) mass is 269 g/mol. The van der Waals surface area contributed by atoms with Crippen LogP contribution in [0.4, 0.5) is 5.69 Å². The van der Waals surface area contributed by atoms with Gasteiger partial charge in [0.05, 0.1) is 0 Å². The summed E-state index contributed by atoms with van der Waals surface area (Å²) >= 11 is 0. The topological polar surface area (TPSA) is 62.3 Å². The number of rotatable bonds is 5. The highest BCUT2D eigenvalue weighted by Crippen LogP contribution is 2.17. The predicted octanol–water partition coefficient (Wildman–Crippen LogP) is 2.62. The van der Waals surface area contributed by atoms with Gasteiger partial charge in [0.25, 0.3) is 0 Å². The molecule has 4 nitrogen and oxygen atoms in total. The second-order valence-corrected chi connectivity index (χ2v) is 4.79. The third-order valence-electron chi connectivity index (χ3n) is 2.98. The molecule has 104 valence electrons. The molecule has 0 aromatic heterocycles. The summed E-state index contributed by atoms with van der Waals surface area (Å²) in [4.78, 5) is 2.06. The molecule has 0 saturated carbocycles. The van der Waals surface area contributed by atoms with Gasteiger partial charge in [-0.15, -0.1) is 0 Å². The zero-order valence-electron chi connectivity index (χ0n) is 11.8. The Bertz CT molecular complexity index is 608. The van der Waals surface area contributed by atoms with E-state index in [2.05, 4.69) is 17.0 Å². The molecule has 0 aliphatic rings. The van der Waals surface area contributed by atoms with Crippen molar-refractivity contribution in [3.8, 4) is 5.75 Å². The molecule has 2 rings (SSSR count). The van der Waals surface area contributed by atoms with E-state index in [1.54, 1.807) is 12.1 Å². The van der Waals surface area contributed by atoms with Crippen molar-refractivity contribution in [2.24, 2.45) is 5.73 Å². The van der Waals surface area contributed by atoms with E-state index in [9.17, 15) is 0 Å². The number of ether oxygens (including phenoxy) is 1. The molecule has 0 heterocycles. The second-order valence-electron chi connectivity index (χ2n) is 4.79. The molecule has 0 saturated heterocycles. The van der Waals surface area contributed by atoms with Crippen LogP contribution in [0.5, 0.6) is 5.75 Å². The van der Waals surface area contributed by atoms with Gasteiger partial charge >= 0.3 is 0 Å². The molecule has 0 unspecified atom stereocenters. The number of nitrogen functional groups attached to an aromatic ring is 1. The van der Waals surface area contributed by atoms with Crippen molar-refractivity contribution in [2.45, 2.75) is 6.61 Å². The highest BCUT2D eigenvalue weighted by molar-refractivity contribution is 5.95. The van der Waals surface area contributed by atoms with E-state index in [0.29, 0.717) is 17.9 Å². The Labute approximate surface area is 119 Å². The summed E-state index contributed by atoms with van der Waals surface area (Å²) in [5.41, 5.74) is 8.38. The van der Waals surface area contributed by atoms with Gasteiger partial charge in [0, 0.05) is 25.3 Å². The average Bonchev–Trinajstić information content (AvgIpc) is 2.45. The first kappa shape index (κ1) is 13.9. The Hall–Kier alpha value is -2.49. The number of anilines is 1. The molecule has 4 heteroatoms. The van der Waals surface area contributed by atoms with Gasteiger partial charge in [-0.2, -0.15) is 0 Å². The predicted molar refractivity (Wildman–Crippen MR) is 82.6 cm³/mol. The van der Waals surface area contributed by atoms with Gasteiger partial charge in [-0.1, -0.05) is 24.3 Å². The van der Waals surface area contributed by atoms with Crippen LogP contribution in [0.3, 0.4) is 0 Å². The summed E-state index contributed by atoms with van der Waals surface area (Å²) in [5, 5.41) is 7.42. The van der Waals surface area contributed by atoms with Gasteiger partial charge in [0.2, 0.25) is 0 Å². The van der Waals surface area contributed by atoms with Gasteiger partial charge in [-0.3, -0.25) is 5.41 Å². The number of nitrogens with one attached hydrogen (secondary N) is 1. The quantitative estimate of drug-likeness (QED) is 0.648. The van der Waals surface area contributed by atoms with Crippen LogP contribution in [0.2, 0.25) is 0 Å². The summed E-state index contributed by atoms with van der Waals surface area (Å²) in [6.07, 6.45) is 0. The lowest BCUT2D eigenvalue weighted by atomic mass is 10.2. The number of hydrogen-bond donors (Lipinski definition) is 2. The minimum atomic E-state index is 0.0463. The van der Waals surface area contributed by atoms with Crippen molar-refractivity contribution in [1.82, 2.24) is 0 Å². The maximum Gasteiger partial charge on any atom is 0.122 e. The molecule has 0 spiro atoms. The van der Waals surface area contributed by atoms with E-state index in [0.717, 1.165) is 11.3 Å². The van der Waals surface area contributed by atoms with Gasteiger partial charge in [0.1, 0.15) is 18.2 Å². The first-order valence-corrected chi connectivity index (χ1v) is 6.40. The zero-order chi connectivity index (χ0) is 14.5. The lowest BCUT2D eigenvalue weighted by molar-refractivity contribution is 0.306. The fourth-order valence-corrected chi connectivity index (χ4v) is 1.84. The van der Waals surface area contributed by atoms with Gasteiger partial charge in [-0.25, -0.2) is 0 Å². The van der Waals surface area contributed by atoms with Crippen molar-refractivity contribution in [2.75, 3.05) is 19.0 Å². The second kappa shape index (κ2) is 6.10. The van der Waals surface area contributed by atoms with Crippen LogP contribution in [-0.4, -0.2) is 19.9 Å². The Kier molecular flexibility index (Phi) is 4.25. The number of amidine groups is 1. The minimum absolute atomic E-state index is 0.0463. The van der Waals surface area contributed by atoms with Crippen molar-refractivity contribution in [1.29, 1.82) is 5.41 Å². The molecule has 0 aliphatic carbocycles. The summed E-state index contributed by atoms with van der Waals surface area (Å²) in [7, 11) is 4.02. The normalized spacial score (nSPS) is 10.1. The van der Waals surface area contributed by atoms with E-state index in [-0.39, 0.29) is 5.84 Å². The van der Waals surface area contributed by atoms with E-state index < -0.39 is 0 Å². The van der Waals surface area contributed by atoms with Crippen LogP contribution in [0.1, 0.15) is 11.1 Å². The van der Waals surface area contributed by atoms with Gasteiger partial charge in [0.15, 0.2) is 0 Å². The highest BCUT2D eigenvalue weighted by atomic mass is 16.5. The first-order chi connectivity index (χ1) is 9.56. The summed E-state index contributed by atoms with van der Waals surface area (Å²) in [5.74, 6) is 0.762. The largest absolute Gasteiger partial charge is 0.489 e. The average molecular weight is 269 g/mol. The summed E-state index contributed by atoms with van der Waals surface area (Å²) < 4.78 is 5.75. The van der Waals surface area contributed by atoms with E-state index in [4.69, 9.17) is 15.9 Å². The molecule has 0 fully saturated rings. The van der Waals surface area contributed by atoms with E-state index >= 15 is 0 Å². The molecule has 0 bridgehead atoms. The molecule has 0 amide bonds. The van der Waals surface area contributed by atoms with Crippen LogP contribution >= 0.6 is 0 Å². The van der Waals surface area contributed by atoms with E-state index in [1.165, 1.54) is 0 Å². The molecule has 0 aliphatic heterocycles. The zero-order valence-corrected chi connectivity index (χ0v) is 11.8. The standard InChI is InChI=1S/C16H19N3O/c1-19(2)14-7-3-5-12(9-14)11-20-15-8-4-6-13(10-15)16(17)18/h3-10H,11H2,1-2H3,(H3,17,18). The lowest BCUT2D eigenvalue weighted by Gasteiger charge is -2.14. The van der Waals surface area contributed by atoms with Crippen molar-refractivity contribution in [3.63, 3.8) is 0 Å². The molecule has 0 radical (unpaired) electrons. The maximum atomic E-state index is 7.42. The third kappa shape index (κ3) is 3.51. The Balaban J connectivity index is 2.07.